The van der Waals surface area contributed by atoms with Gasteiger partial charge in [-0.1, -0.05) is 180 Å². The van der Waals surface area contributed by atoms with E-state index in [4.69, 9.17) is 0 Å². The lowest BCUT2D eigenvalue weighted by Crippen LogP contribution is -2.18. The maximum absolute atomic E-state index is 2.48. The summed E-state index contributed by atoms with van der Waals surface area (Å²) in [6.45, 7) is 9.51. The van der Waals surface area contributed by atoms with E-state index in [0.717, 1.165) is 34.1 Å². The third-order valence-electron chi connectivity index (χ3n) is 15.5. The molecule has 0 aliphatic heterocycles. The molecule has 0 bridgehead atoms. The molecule has 9 aromatic rings. The third-order valence-corrected chi connectivity index (χ3v) is 15.5. The van der Waals surface area contributed by atoms with Gasteiger partial charge in [-0.25, -0.2) is 0 Å². The molecule has 0 aromatic heterocycles. The molecule has 0 heterocycles. The molecule has 12 rings (SSSR count). The average molecular weight is 853 g/mol. The molecule has 0 amide bonds. The van der Waals surface area contributed by atoms with Gasteiger partial charge in [0, 0.05) is 44.8 Å². The first-order chi connectivity index (χ1) is 32.3. The Morgan fingerprint density at radius 1 is 0.379 bits per heavy atom. The second kappa shape index (κ2) is 15.8. The summed E-state index contributed by atoms with van der Waals surface area (Å²) in [6, 6.07) is 75.4. The van der Waals surface area contributed by atoms with Crippen LogP contribution in [-0.4, -0.2) is 0 Å². The predicted molar refractivity (Wildman–Crippen MR) is 280 cm³/mol. The molecule has 0 atom stereocenters. The fourth-order valence-corrected chi connectivity index (χ4v) is 12.0. The van der Waals surface area contributed by atoms with Crippen LogP contribution in [0, 0.1) is 0 Å². The van der Waals surface area contributed by atoms with E-state index in [1.54, 1.807) is 0 Å². The summed E-state index contributed by atoms with van der Waals surface area (Å²) in [5, 5.41) is 2.48. The third kappa shape index (κ3) is 6.52. The molecule has 0 saturated heterocycles. The van der Waals surface area contributed by atoms with Crippen LogP contribution in [0.1, 0.15) is 93.5 Å². The highest BCUT2D eigenvalue weighted by atomic mass is 15.2. The molecular formula is C64H56N2. The van der Waals surface area contributed by atoms with Gasteiger partial charge in [-0.15, -0.1) is 0 Å². The second-order valence-electron chi connectivity index (χ2n) is 20.0. The van der Waals surface area contributed by atoms with Crippen molar-refractivity contribution in [3.63, 3.8) is 0 Å². The molecule has 2 heteroatoms. The van der Waals surface area contributed by atoms with E-state index in [-0.39, 0.29) is 10.8 Å². The minimum absolute atomic E-state index is 0.123. The lowest BCUT2D eigenvalue weighted by Gasteiger charge is -2.31. The Labute approximate surface area is 390 Å². The van der Waals surface area contributed by atoms with E-state index >= 15 is 0 Å². The normalized spacial score (nSPS) is 15.5. The summed E-state index contributed by atoms with van der Waals surface area (Å²) in [5.74, 6) is 0.644. The van der Waals surface area contributed by atoms with Crippen molar-refractivity contribution in [2.24, 2.45) is 0 Å². The minimum atomic E-state index is -0.123. The van der Waals surface area contributed by atoms with Gasteiger partial charge in [0.05, 0.1) is 5.69 Å². The molecule has 322 valence electrons. The van der Waals surface area contributed by atoms with Gasteiger partial charge in [0.2, 0.25) is 0 Å². The number of anilines is 6. The van der Waals surface area contributed by atoms with Gasteiger partial charge in [-0.2, -0.15) is 0 Å². The second-order valence-corrected chi connectivity index (χ2v) is 20.0. The van der Waals surface area contributed by atoms with Crippen molar-refractivity contribution in [2.45, 2.75) is 76.5 Å². The zero-order valence-electron chi connectivity index (χ0n) is 38.6. The quantitative estimate of drug-likeness (QED) is 0.150. The highest BCUT2D eigenvalue weighted by Crippen LogP contribution is 2.54. The van der Waals surface area contributed by atoms with Gasteiger partial charge in [0.25, 0.3) is 0 Å². The van der Waals surface area contributed by atoms with Crippen molar-refractivity contribution in [3.05, 3.63) is 228 Å². The number of benzene rings is 9. The lowest BCUT2D eigenvalue weighted by molar-refractivity contribution is 0.443. The molecule has 0 N–H and O–H groups in total. The smallest absolute Gasteiger partial charge is 0.0546 e. The molecule has 3 aliphatic carbocycles. The van der Waals surface area contributed by atoms with Crippen molar-refractivity contribution in [3.8, 4) is 33.4 Å². The number of nitrogens with zero attached hydrogens (tertiary/aromatic N) is 2. The van der Waals surface area contributed by atoms with E-state index in [0.29, 0.717) is 5.92 Å². The summed E-state index contributed by atoms with van der Waals surface area (Å²) in [7, 11) is 0. The summed E-state index contributed by atoms with van der Waals surface area (Å²) in [5.41, 5.74) is 21.4. The van der Waals surface area contributed by atoms with Crippen molar-refractivity contribution >= 4 is 44.9 Å². The van der Waals surface area contributed by atoms with E-state index in [1.165, 1.54) is 104 Å². The molecule has 0 radical (unpaired) electrons. The van der Waals surface area contributed by atoms with Gasteiger partial charge >= 0.3 is 0 Å². The summed E-state index contributed by atoms with van der Waals surface area (Å²) in [6.07, 6.45) is 6.58. The first kappa shape index (κ1) is 40.4. The van der Waals surface area contributed by atoms with Gasteiger partial charge in [0.1, 0.15) is 0 Å². The van der Waals surface area contributed by atoms with Crippen LogP contribution in [0.3, 0.4) is 0 Å². The SMILES string of the molecule is CC1(C)c2ccccc2-c2ccc(N(c3ccc(N(c4ccc(C5CCCCC5)cc4)c4ccc5ccccc5c4-c4ccccc4)cc3)c3ccc4c(c3)C(C)(C)c3ccccc3-4)cc21. The first-order valence-electron chi connectivity index (χ1n) is 24.1. The summed E-state index contributed by atoms with van der Waals surface area (Å²) in [4.78, 5) is 4.97. The molecule has 0 unspecified atom stereocenters. The standard InChI is InChI=1S/C64H56N2/c1-63(2)57-25-15-13-23-53(57)55-38-36-50(41-59(55)63)65(51-37-39-56-54-24-14-16-26-58(54)64(3,4)60(56)42-51)47-32-34-49(35-33-47)66(48-30-27-44(28-31-48)43-17-7-5-8-18-43)61-40-29-45-19-11-12-22-52(45)62(61)46-20-9-6-10-21-46/h6,9-16,19-43H,5,7-8,17-18H2,1-4H3. The van der Waals surface area contributed by atoms with Crippen molar-refractivity contribution in [2.75, 3.05) is 9.80 Å². The van der Waals surface area contributed by atoms with E-state index in [9.17, 15) is 0 Å². The highest BCUT2D eigenvalue weighted by Gasteiger charge is 2.38. The number of hydrogen-bond acceptors (Lipinski definition) is 2. The van der Waals surface area contributed by atoms with Crippen LogP contribution in [-0.2, 0) is 10.8 Å². The first-order valence-corrected chi connectivity index (χ1v) is 24.1. The lowest BCUT2D eigenvalue weighted by atomic mass is 9.82. The Kier molecular flexibility index (Phi) is 9.65. The molecule has 3 aliphatic rings. The fourth-order valence-electron chi connectivity index (χ4n) is 12.0. The van der Waals surface area contributed by atoms with E-state index in [2.05, 4.69) is 238 Å². The van der Waals surface area contributed by atoms with Crippen LogP contribution in [0.5, 0.6) is 0 Å². The van der Waals surface area contributed by atoms with Crippen LogP contribution in [0.15, 0.2) is 200 Å². The molecule has 66 heavy (non-hydrogen) atoms. The Morgan fingerprint density at radius 3 is 1.44 bits per heavy atom. The Hall–Kier alpha value is -7.16. The topological polar surface area (TPSA) is 6.48 Å². The fraction of sp³-hybridized carbons (Fsp3) is 0.188. The Morgan fingerprint density at radius 2 is 0.848 bits per heavy atom. The zero-order valence-corrected chi connectivity index (χ0v) is 38.6. The number of fused-ring (bicyclic) bond motifs is 7. The van der Waals surface area contributed by atoms with Gasteiger partial charge in [-0.3, -0.25) is 0 Å². The molecule has 9 aromatic carbocycles. The van der Waals surface area contributed by atoms with Crippen molar-refractivity contribution in [1.82, 2.24) is 0 Å². The van der Waals surface area contributed by atoms with Crippen LogP contribution >= 0.6 is 0 Å². The number of rotatable bonds is 8. The van der Waals surface area contributed by atoms with Gasteiger partial charge < -0.3 is 9.80 Å². The molecule has 1 fully saturated rings. The molecule has 0 spiro atoms. The molecule has 1 saturated carbocycles. The number of hydrogen-bond donors (Lipinski definition) is 0. The Balaban J connectivity index is 1.02. The summed E-state index contributed by atoms with van der Waals surface area (Å²) < 4.78 is 0. The largest absolute Gasteiger partial charge is 0.310 e. The average Bonchev–Trinajstić information content (AvgIpc) is 3.74. The highest BCUT2D eigenvalue weighted by molar-refractivity contribution is 6.05. The van der Waals surface area contributed by atoms with Gasteiger partial charge in [0.15, 0.2) is 0 Å². The molecule has 2 nitrogen and oxygen atoms in total. The Bertz CT molecular complexity index is 3170. The maximum Gasteiger partial charge on any atom is 0.0546 e. The monoisotopic (exact) mass is 852 g/mol. The van der Waals surface area contributed by atoms with Crippen LogP contribution < -0.4 is 9.80 Å². The predicted octanol–water partition coefficient (Wildman–Crippen LogP) is 18.1. The van der Waals surface area contributed by atoms with E-state index < -0.39 is 0 Å². The van der Waals surface area contributed by atoms with Crippen LogP contribution in [0.2, 0.25) is 0 Å². The summed E-state index contributed by atoms with van der Waals surface area (Å²) >= 11 is 0. The molecular weight excluding hydrogens is 797 g/mol. The minimum Gasteiger partial charge on any atom is -0.310 e. The van der Waals surface area contributed by atoms with Crippen LogP contribution in [0.4, 0.5) is 34.1 Å². The maximum atomic E-state index is 2.48. The zero-order chi connectivity index (χ0) is 44.6. The van der Waals surface area contributed by atoms with Crippen molar-refractivity contribution < 1.29 is 0 Å². The van der Waals surface area contributed by atoms with Gasteiger partial charge in [-0.05, 0) is 152 Å². The van der Waals surface area contributed by atoms with E-state index in [1.807, 2.05) is 0 Å². The van der Waals surface area contributed by atoms with Crippen LogP contribution in [0.25, 0.3) is 44.2 Å². The van der Waals surface area contributed by atoms with Crippen molar-refractivity contribution in [1.29, 1.82) is 0 Å².